The van der Waals surface area contributed by atoms with Crippen LogP contribution in [0.1, 0.15) is 54.9 Å². The average Bonchev–Trinajstić information content (AvgIpc) is 2.50. The summed E-state index contributed by atoms with van der Waals surface area (Å²) in [6.45, 7) is 13.1. The first kappa shape index (κ1) is 27.8. The van der Waals surface area contributed by atoms with Crippen molar-refractivity contribution in [2.75, 3.05) is 13.2 Å². The van der Waals surface area contributed by atoms with E-state index in [0.29, 0.717) is 12.2 Å². The molecule has 0 saturated heterocycles. The Kier molecular flexibility index (Phi) is 10.7. The van der Waals surface area contributed by atoms with E-state index in [1.165, 1.54) is 0 Å². The molecule has 0 aromatic heterocycles. The van der Waals surface area contributed by atoms with E-state index in [9.17, 15) is 13.0 Å². The molecule has 1 aromatic carbocycles. The first-order chi connectivity index (χ1) is 12.3. The molecule has 0 amide bonds. The number of rotatable bonds is 10. The van der Waals surface area contributed by atoms with Crippen LogP contribution in [0.4, 0.5) is 0 Å². The molecule has 0 fully saturated rings. The fraction of sp³-hybridized carbons (Fsp3) is 0.700. The van der Waals surface area contributed by atoms with E-state index in [2.05, 4.69) is 0 Å². The first-order valence-electron chi connectivity index (χ1n) is 9.24. The maximum Gasteiger partial charge on any atom is 1.00 e. The van der Waals surface area contributed by atoms with E-state index < -0.39 is 26.8 Å². The van der Waals surface area contributed by atoms with Crippen LogP contribution in [-0.2, 0) is 19.6 Å². The van der Waals surface area contributed by atoms with Gasteiger partial charge in [0.1, 0.15) is 5.75 Å². The molecule has 1 rings (SSSR count). The molecular weight excluding hydrogens is 391 g/mol. The minimum absolute atomic E-state index is 0. The molecule has 1 atom stereocenters. The zero-order valence-corrected chi connectivity index (χ0v) is 21.3. The molecule has 156 valence electrons. The van der Waals surface area contributed by atoms with Gasteiger partial charge >= 0.3 is 34.7 Å². The zero-order valence-electron chi connectivity index (χ0n) is 18.4. The summed E-state index contributed by atoms with van der Waals surface area (Å²) in [7, 11) is -5.03. The predicted molar refractivity (Wildman–Crippen MR) is 104 cm³/mol. The third-order valence-electron chi connectivity index (χ3n) is 4.05. The third-order valence-corrected chi connectivity index (χ3v) is 5.20. The van der Waals surface area contributed by atoms with Gasteiger partial charge < -0.3 is 18.8 Å². The molecule has 6 nitrogen and oxygen atoms in total. The van der Waals surface area contributed by atoms with E-state index in [-0.39, 0.29) is 48.2 Å². The standard InChI is InChI=1S/C20H34O6S.Na/c1-8-24-20(25-9-2,27(21,22)23)17(19(6,7)15-18(3,4)5)26-16-13-11-10-12-14-16;/h10-14,17H,8-9,15H2,1-7H3,(H,21,22,23);/q;+1/p-1. The predicted octanol–water partition coefficient (Wildman–Crippen LogP) is 1.17. The summed E-state index contributed by atoms with van der Waals surface area (Å²) in [5, 5.41) is -2.44. The topological polar surface area (TPSA) is 84.9 Å². The van der Waals surface area contributed by atoms with Crippen LogP contribution >= 0.6 is 0 Å². The summed E-state index contributed by atoms with van der Waals surface area (Å²) < 4.78 is 54.3. The number of para-hydroxylation sites is 1. The second kappa shape index (κ2) is 10.8. The molecule has 0 saturated carbocycles. The molecule has 0 aliphatic heterocycles. The van der Waals surface area contributed by atoms with Gasteiger partial charge in [0.15, 0.2) is 16.2 Å². The summed E-state index contributed by atoms with van der Waals surface area (Å²) in [6, 6.07) is 8.79. The van der Waals surface area contributed by atoms with Gasteiger partial charge in [0.2, 0.25) is 0 Å². The SMILES string of the molecule is CCOC(OCC)(C(Oc1ccccc1)C(C)(C)CC(C)(C)C)S(=O)(=O)[O-].[Na+]. The van der Waals surface area contributed by atoms with E-state index >= 15 is 0 Å². The molecule has 0 radical (unpaired) electrons. The van der Waals surface area contributed by atoms with Crippen LogP contribution in [-0.4, -0.2) is 37.4 Å². The molecular formula is C20H33NaO6S. The monoisotopic (exact) mass is 424 g/mol. The Balaban J connectivity index is 0.00000729. The van der Waals surface area contributed by atoms with Crippen LogP contribution in [0, 0.1) is 10.8 Å². The van der Waals surface area contributed by atoms with Gasteiger partial charge in [-0.1, -0.05) is 52.8 Å². The largest absolute Gasteiger partial charge is 1.00 e. The maximum atomic E-state index is 12.4. The quantitative estimate of drug-likeness (QED) is 0.319. The molecule has 0 N–H and O–H groups in total. The number of hydrogen-bond donors (Lipinski definition) is 0. The Morgan fingerprint density at radius 1 is 0.964 bits per heavy atom. The normalized spacial score (nSPS) is 14.3. The van der Waals surface area contributed by atoms with Gasteiger partial charge in [0.05, 0.1) is 0 Å². The van der Waals surface area contributed by atoms with Gasteiger partial charge in [0.25, 0.3) is 0 Å². The molecule has 28 heavy (non-hydrogen) atoms. The molecule has 0 heterocycles. The second-order valence-corrected chi connectivity index (χ2v) is 9.94. The van der Waals surface area contributed by atoms with Crippen LogP contribution in [0.25, 0.3) is 0 Å². The van der Waals surface area contributed by atoms with Crippen molar-refractivity contribution in [3.05, 3.63) is 30.3 Å². The first-order valence-corrected chi connectivity index (χ1v) is 10.6. The fourth-order valence-electron chi connectivity index (χ4n) is 3.68. The number of hydrogen-bond acceptors (Lipinski definition) is 6. The summed E-state index contributed by atoms with van der Waals surface area (Å²) in [5.74, 6) is 0.442. The maximum absolute atomic E-state index is 12.4. The summed E-state index contributed by atoms with van der Waals surface area (Å²) in [4.78, 5) is 0. The van der Waals surface area contributed by atoms with Crippen molar-refractivity contribution in [2.45, 2.75) is 66.1 Å². The molecule has 1 unspecified atom stereocenters. The minimum atomic E-state index is -5.03. The molecule has 0 aliphatic carbocycles. The van der Waals surface area contributed by atoms with Gasteiger partial charge in [-0.15, -0.1) is 0 Å². The van der Waals surface area contributed by atoms with E-state index in [4.69, 9.17) is 14.2 Å². The number of ether oxygens (including phenoxy) is 3. The molecule has 0 spiro atoms. The van der Waals surface area contributed by atoms with Crippen LogP contribution < -0.4 is 34.3 Å². The molecule has 0 aliphatic rings. The van der Waals surface area contributed by atoms with Gasteiger partial charge in [-0.05, 0) is 37.8 Å². The van der Waals surface area contributed by atoms with Crippen LogP contribution in [0.2, 0.25) is 0 Å². The average molecular weight is 425 g/mol. The zero-order chi connectivity index (χ0) is 20.9. The third kappa shape index (κ3) is 7.27. The molecule has 8 heteroatoms. The number of benzene rings is 1. The van der Waals surface area contributed by atoms with Crippen molar-refractivity contribution in [2.24, 2.45) is 10.8 Å². The molecule has 0 bridgehead atoms. The summed E-state index contributed by atoms with van der Waals surface area (Å²) >= 11 is 0. The van der Waals surface area contributed by atoms with Crippen molar-refractivity contribution < 1.29 is 56.7 Å². The van der Waals surface area contributed by atoms with Gasteiger partial charge in [-0.3, -0.25) is 0 Å². The van der Waals surface area contributed by atoms with Gasteiger partial charge in [0, 0.05) is 18.6 Å². The van der Waals surface area contributed by atoms with Crippen LogP contribution in [0.5, 0.6) is 5.75 Å². The Labute approximate surface area is 192 Å². The van der Waals surface area contributed by atoms with Crippen molar-refractivity contribution in [1.29, 1.82) is 0 Å². The smallest absolute Gasteiger partial charge is 0.744 e. The molecule has 1 aromatic rings. The second-order valence-electron chi connectivity index (χ2n) is 8.46. The van der Waals surface area contributed by atoms with Crippen molar-refractivity contribution in [1.82, 2.24) is 0 Å². The Hall–Kier alpha value is -0.150. The minimum Gasteiger partial charge on any atom is -0.744 e. The Morgan fingerprint density at radius 3 is 1.79 bits per heavy atom. The van der Waals surface area contributed by atoms with Crippen molar-refractivity contribution in [3.8, 4) is 5.75 Å². The van der Waals surface area contributed by atoms with E-state index in [0.717, 1.165) is 0 Å². The van der Waals surface area contributed by atoms with Crippen molar-refractivity contribution in [3.63, 3.8) is 0 Å². The van der Waals surface area contributed by atoms with Gasteiger partial charge in [-0.25, -0.2) is 8.42 Å². The van der Waals surface area contributed by atoms with Crippen LogP contribution in [0.3, 0.4) is 0 Å². The summed E-state index contributed by atoms with van der Waals surface area (Å²) in [6.07, 6.45) is -0.594. The van der Waals surface area contributed by atoms with E-state index in [1.54, 1.807) is 38.1 Å². The van der Waals surface area contributed by atoms with Crippen molar-refractivity contribution >= 4 is 10.1 Å². The van der Waals surface area contributed by atoms with E-state index in [1.807, 2.05) is 40.7 Å². The van der Waals surface area contributed by atoms with Crippen LogP contribution in [0.15, 0.2) is 30.3 Å². The Bertz CT molecular complexity index is 676. The summed E-state index contributed by atoms with van der Waals surface area (Å²) in [5.41, 5.74) is -0.894. The Morgan fingerprint density at radius 2 is 1.43 bits per heavy atom. The fourth-order valence-corrected chi connectivity index (χ4v) is 4.83. The van der Waals surface area contributed by atoms with Gasteiger partial charge in [-0.2, -0.15) is 0 Å².